The van der Waals surface area contributed by atoms with Crippen LogP contribution in [0, 0.1) is 0 Å². The fourth-order valence-corrected chi connectivity index (χ4v) is 5.46. The third kappa shape index (κ3) is 10.2. The molecule has 51 heavy (non-hydrogen) atoms. The van der Waals surface area contributed by atoms with Crippen LogP contribution in [0.3, 0.4) is 0 Å². The molecule has 6 unspecified atom stereocenters. The molecule has 0 amide bonds. The highest BCUT2D eigenvalue weighted by atomic mass is 16.7. The lowest BCUT2D eigenvalue weighted by Crippen LogP contribution is -2.59. The van der Waals surface area contributed by atoms with Gasteiger partial charge in [-0.1, -0.05) is 6.07 Å². The maximum absolute atomic E-state index is 12.2. The van der Waals surface area contributed by atoms with Crippen LogP contribution in [0.15, 0.2) is 30.3 Å². The van der Waals surface area contributed by atoms with E-state index in [0.29, 0.717) is 11.1 Å². The molecule has 4 rings (SSSR count). The summed E-state index contributed by atoms with van der Waals surface area (Å²) in [5, 5.41) is 0. The van der Waals surface area contributed by atoms with Gasteiger partial charge >= 0.3 is 41.8 Å². The molecular weight excluding hydrogens is 680 g/mol. The van der Waals surface area contributed by atoms with Crippen LogP contribution in [0.25, 0.3) is 0 Å². The van der Waals surface area contributed by atoms with Gasteiger partial charge < -0.3 is 47.4 Å². The summed E-state index contributed by atoms with van der Waals surface area (Å²) in [6, 6.07) is 7.01. The molecule has 274 valence electrons. The number of carbonyl (C=O) groups is 7. The van der Waals surface area contributed by atoms with Crippen LogP contribution in [0.4, 0.5) is 0 Å². The predicted octanol–water partition coefficient (Wildman–Crippen LogP) is 2.60. The second kappa shape index (κ2) is 16.3. The normalized spacial score (nSPS) is 22.1. The average Bonchev–Trinajstić information content (AvgIpc) is 2.99. The molecule has 0 aliphatic carbocycles. The van der Waals surface area contributed by atoms with Crippen molar-refractivity contribution in [3.63, 3.8) is 0 Å². The number of carbonyl (C=O) groups excluding carboxylic acids is 7. The standard InChI is InChI=1S/C34H36O17/c1-15(35)43-25-9-8-22(10-28(25)45-17(3)37)31-29(46-18(4)38)13-24-26(44-16(2)36)11-23(12-27(24)51-31)50-34-33(49-21(7)41)32(48-20(6)40)30(14-42-34)47-19(5)39/h8-12,29-34H,13-14H2,1-7H3. The van der Waals surface area contributed by atoms with E-state index in [1.165, 1.54) is 44.2 Å². The molecule has 0 radical (unpaired) electrons. The zero-order chi connectivity index (χ0) is 37.6. The fraction of sp³-hybridized carbons (Fsp3) is 0.441. The van der Waals surface area contributed by atoms with Crippen molar-refractivity contribution in [1.82, 2.24) is 0 Å². The molecule has 17 heteroatoms. The van der Waals surface area contributed by atoms with Gasteiger partial charge in [0.1, 0.15) is 23.4 Å². The Labute approximate surface area is 291 Å². The van der Waals surface area contributed by atoms with Crippen molar-refractivity contribution in [3.8, 4) is 28.7 Å². The summed E-state index contributed by atoms with van der Waals surface area (Å²) >= 11 is 0. The van der Waals surface area contributed by atoms with Gasteiger partial charge in [0.2, 0.25) is 12.4 Å². The molecular formula is C34H36O17. The van der Waals surface area contributed by atoms with Crippen LogP contribution in [0.5, 0.6) is 28.7 Å². The quantitative estimate of drug-likeness (QED) is 0.196. The van der Waals surface area contributed by atoms with Crippen LogP contribution < -0.4 is 23.7 Å². The number of rotatable bonds is 10. The third-order valence-electron chi connectivity index (χ3n) is 7.07. The number of esters is 7. The summed E-state index contributed by atoms with van der Waals surface area (Å²) in [7, 11) is 0. The number of hydrogen-bond acceptors (Lipinski definition) is 17. The minimum absolute atomic E-state index is 0.0323. The van der Waals surface area contributed by atoms with Crippen molar-refractivity contribution >= 4 is 41.8 Å². The summed E-state index contributed by atoms with van der Waals surface area (Å²) < 4.78 is 55.7. The van der Waals surface area contributed by atoms with Crippen LogP contribution in [0.1, 0.15) is 65.7 Å². The van der Waals surface area contributed by atoms with E-state index in [9.17, 15) is 33.6 Å². The van der Waals surface area contributed by atoms with Crippen LogP contribution >= 0.6 is 0 Å². The van der Waals surface area contributed by atoms with E-state index >= 15 is 0 Å². The predicted molar refractivity (Wildman–Crippen MR) is 166 cm³/mol. The molecule has 2 aliphatic rings. The van der Waals surface area contributed by atoms with E-state index in [4.69, 9.17) is 47.4 Å². The highest BCUT2D eigenvalue weighted by Gasteiger charge is 2.48. The second-order valence-electron chi connectivity index (χ2n) is 11.4. The van der Waals surface area contributed by atoms with E-state index in [1.807, 2.05) is 0 Å². The van der Waals surface area contributed by atoms with E-state index < -0.39 is 78.6 Å². The van der Waals surface area contributed by atoms with Crippen LogP contribution in [0.2, 0.25) is 0 Å². The zero-order valence-corrected chi connectivity index (χ0v) is 28.7. The molecule has 0 saturated carbocycles. The monoisotopic (exact) mass is 716 g/mol. The fourth-order valence-electron chi connectivity index (χ4n) is 5.46. The van der Waals surface area contributed by atoms with E-state index in [-0.39, 0.29) is 41.8 Å². The zero-order valence-electron chi connectivity index (χ0n) is 28.7. The van der Waals surface area contributed by atoms with Crippen molar-refractivity contribution in [2.24, 2.45) is 0 Å². The SMILES string of the molecule is CC(=O)Oc1ccc(C2Oc3cc(OC4OCC(OC(C)=O)C(OC(C)=O)C4OC(C)=O)cc(OC(C)=O)c3CC2OC(C)=O)cc1OC(C)=O. The Hall–Kier alpha value is -5.71. The van der Waals surface area contributed by atoms with Gasteiger partial charge in [-0.25, -0.2) is 0 Å². The van der Waals surface area contributed by atoms with Crippen molar-refractivity contribution < 1.29 is 80.9 Å². The molecule has 1 fully saturated rings. The highest BCUT2D eigenvalue weighted by Crippen LogP contribution is 2.45. The van der Waals surface area contributed by atoms with E-state index in [1.54, 1.807) is 0 Å². The molecule has 2 aliphatic heterocycles. The molecule has 2 aromatic carbocycles. The van der Waals surface area contributed by atoms with E-state index in [0.717, 1.165) is 34.6 Å². The first-order valence-corrected chi connectivity index (χ1v) is 15.5. The molecule has 0 N–H and O–H groups in total. The Balaban J connectivity index is 1.77. The van der Waals surface area contributed by atoms with Gasteiger partial charge in [0, 0.05) is 78.1 Å². The smallest absolute Gasteiger partial charge is 0.308 e. The van der Waals surface area contributed by atoms with Crippen molar-refractivity contribution in [3.05, 3.63) is 41.5 Å². The van der Waals surface area contributed by atoms with Crippen LogP contribution in [-0.4, -0.2) is 79.1 Å². The molecule has 17 nitrogen and oxygen atoms in total. The van der Waals surface area contributed by atoms with Gasteiger partial charge in [0.05, 0.1) is 6.61 Å². The van der Waals surface area contributed by atoms with Gasteiger partial charge in [0.15, 0.2) is 29.8 Å². The molecule has 6 atom stereocenters. The lowest BCUT2D eigenvalue weighted by atomic mass is 9.93. The minimum Gasteiger partial charge on any atom is -0.481 e. The van der Waals surface area contributed by atoms with Crippen molar-refractivity contribution in [1.29, 1.82) is 0 Å². The number of ether oxygens (including phenoxy) is 10. The van der Waals surface area contributed by atoms with Crippen molar-refractivity contribution in [2.45, 2.75) is 91.7 Å². The maximum Gasteiger partial charge on any atom is 0.308 e. The Morgan fingerprint density at radius 2 is 1.14 bits per heavy atom. The van der Waals surface area contributed by atoms with Crippen LogP contribution in [-0.2, 0) is 63.7 Å². The first kappa shape index (κ1) is 38.1. The Kier molecular flexibility index (Phi) is 12.2. The Morgan fingerprint density at radius 3 is 1.73 bits per heavy atom. The lowest BCUT2D eigenvalue weighted by molar-refractivity contribution is -0.259. The number of hydrogen-bond donors (Lipinski definition) is 0. The van der Waals surface area contributed by atoms with Gasteiger partial charge in [-0.15, -0.1) is 0 Å². The largest absolute Gasteiger partial charge is 0.481 e. The molecule has 0 bridgehead atoms. The topological polar surface area (TPSA) is 212 Å². The van der Waals surface area contributed by atoms with Gasteiger partial charge in [0.25, 0.3) is 0 Å². The average molecular weight is 717 g/mol. The summed E-state index contributed by atoms with van der Waals surface area (Å²) in [6.07, 6.45) is -7.45. The summed E-state index contributed by atoms with van der Waals surface area (Å²) in [5.74, 6) is -5.11. The molecule has 2 aromatic rings. The molecule has 2 heterocycles. The highest BCUT2D eigenvalue weighted by molar-refractivity contribution is 5.74. The first-order chi connectivity index (χ1) is 24.0. The second-order valence-corrected chi connectivity index (χ2v) is 11.4. The minimum atomic E-state index is -1.44. The van der Waals surface area contributed by atoms with Gasteiger partial charge in [-0.05, 0) is 12.1 Å². The number of fused-ring (bicyclic) bond motifs is 1. The summed E-state index contributed by atoms with van der Waals surface area (Å²) in [6.45, 7) is 7.73. The Bertz CT molecular complexity index is 1710. The summed E-state index contributed by atoms with van der Waals surface area (Å²) in [5.41, 5.74) is 0.649. The maximum atomic E-state index is 12.2. The molecule has 1 saturated heterocycles. The van der Waals surface area contributed by atoms with E-state index in [2.05, 4.69) is 0 Å². The third-order valence-corrected chi connectivity index (χ3v) is 7.07. The van der Waals surface area contributed by atoms with Gasteiger partial charge in [-0.3, -0.25) is 33.6 Å². The summed E-state index contributed by atoms with van der Waals surface area (Å²) in [4.78, 5) is 83.8. The van der Waals surface area contributed by atoms with Gasteiger partial charge in [-0.2, -0.15) is 0 Å². The van der Waals surface area contributed by atoms with Crippen molar-refractivity contribution in [2.75, 3.05) is 6.61 Å². The molecule has 0 aromatic heterocycles. The molecule has 0 spiro atoms. The number of benzene rings is 2. The first-order valence-electron chi connectivity index (χ1n) is 15.5. The lowest BCUT2D eigenvalue weighted by Gasteiger charge is -2.40. The Morgan fingerprint density at radius 1 is 0.588 bits per heavy atom.